The summed E-state index contributed by atoms with van der Waals surface area (Å²) in [6.07, 6.45) is 2.00. The topological polar surface area (TPSA) is 70.9 Å². The Balaban J connectivity index is 1.86. The van der Waals surface area contributed by atoms with Crippen LogP contribution in [0.25, 0.3) is 10.9 Å². The molecule has 0 radical (unpaired) electrons. The molecule has 21 heavy (non-hydrogen) atoms. The van der Waals surface area contributed by atoms with Crippen LogP contribution in [-0.4, -0.2) is 17.1 Å². The van der Waals surface area contributed by atoms with Gasteiger partial charge in [0.25, 0.3) is 5.91 Å². The van der Waals surface area contributed by atoms with Crippen LogP contribution in [0.4, 0.5) is 11.4 Å². The fourth-order valence-electron chi connectivity index (χ4n) is 2.17. The molecule has 0 aliphatic rings. The van der Waals surface area contributed by atoms with E-state index in [9.17, 15) is 4.79 Å². The van der Waals surface area contributed by atoms with Crippen molar-refractivity contribution in [2.75, 3.05) is 17.3 Å². The zero-order valence-electron chi connectivity index (χ0n) is 11.5. The first-order chi connectivity index (χ1) is 10.2. The number of anilines is 2. The quantitative estimate of drug-likeness (QED) is 0.509. The lowest BCUT2D eigenvalue weighted by atomic mass is 10.2. The number of aromatic amines is 1. The number of benzene rings is 2. The molecule has 4 nitrogen and oxygen atoms in total. The number of hydrogen-bond acceptors (Lipinski definition) is 3. The second-order valence-electron chi connectivity index (χ2n) is 4.72. The molecule has 0 spiro atoms. The van der Waals surface area contributed by atoms with E-state index in [0.717, 1.165) is 21.5 Å². The van der Waals surface area contributed by atoms with Crippen molar-refractivity contribution >= 4 is 39.9 Å². The van der Waals surface area contributed by atoms with E-state index in [1.807, 2.05) is 48.7 Å². The summed E-state index contributed by atoms with van der Waals surface area (Å²) in [4.78, 5) is 16.5. The zero-order chi connectivity index (χ0) is 14.8. The van der Waals surface area contributed by atoms with E-state index in [4.69, 9.17) is 5.73 Å². The summed E-state index contributed by atoms with van der Waals surface area (Å²) in [5.74, 6) is -0.164. The van der Waals surface area contributed by atoms with Gasteiger partial charge in [0.2, 0.25) is 0 Å². The van der Waals surface area contributed by atoms with E-state index in [0.29, 0.717) is 11.4 Å². The number of thioether (sulfide) groups is 1. The van der Waals surface area contributed by atoms with Crippen LogP contribution in [0.1, 0.15) is 10.5 Å². The third-order valence-corrected chi connectivity index (χ3v) is 3.94. The predicted octanol–water partition coefficient (Wildman–Crippen LogP) is 3.72. The molecule has 0 bridgehead atoms. The number of aromatic nitrogens is 1. The van der Waals surface area contributed by atoms with E-state index in [1.54, 1.807) is 17.8 Å². The Hall–Kier alpha value is -2.40. The standard InChI is InChI=1S/C16H15N3OS/c1-21-13-4-2-3-12(9-13)18-16(20)15-8-10-7-11(17)5-6-14(10)19-15/h2-9,19H,17H2,1H3,(H,18,20). The molecule has 0 aliphatic carbocycles. The molecular weight excluding hydrogens is 282 g/mol. The third-order valence-electron chi connectivity index (χ3n) is 3.22. The summed E-state index contributed by atoms with van der Waals surface area (Å²) < 4.78 is 0. The Morgan fingerprint density at radius 3 is 2.86 bits per heavy atom. The number of nitrogen functional groups attached to an aromatic ring is 1. The first kappa shape index (κ1) is 13.6. The van der Waals surface area contributed by atoms with Gasteiger partial charge in [0.15, 0.2) is 0 Å². The highest BCUT2D eigenvalue weighted by Crippen LogP contribution is 2.21. The Kier molecular flexibility index (Phi) is 3.58. The molecule has 0 saturated carbocycles. The molecular formula is C16H15N3OS. The molecule has 0 unspecified atom stereocenters. The fraction of sp³-hybridized carbons (Fsp3) is 0.0625. The molecule has 0 atom stereocenters. The monoisotopic (exact) mass is 297 g/mol. The second-order valence-corrected chi connectivity index (χ2v) is 5.60. The van der Waals surface area contributed by atoms with Gasteiger partial charge in [-0.2, -0.15) is 0 Å². The number of hydrogen-bond donors (Lipinski definition) is 3. The number of carbonyl (C=O) groups is 1. The summed E-state index contributed by atoms with van der Waals surface area (Å²) in [5.41, 5.74) is 8.63. The van der Waals surface area contributed by atoms with E-state index < -0.39 is 0 Å². The maximum Gasteiger partial charge on any atom is 0.272 e. The van der Waals surface area contributed by atoms with Crippen molar-refractivity contribution in [3.8, 4) is 0 Å². The van der Waals surface area contributed by atoms with Gasteiger partial charge in [0, 0.05) is 27.2 Å². The number of fused-ring (bicyclic) bond motifs is 1. The maximum atomic E-state index is 12.3. The number of nitrogens with two attached hydrogens (primary N) is 1. The molecule has 3 aromatic rings. The van der Waals surface area contributed by atoms with Crippen LogP contribution >= 0.6 is 11.8 Å². The number of nitrogens with one attached hydrogen (secondary N) is 2. The molecule has 0 fully saturated rings. The minimum absolute atomic E-state index is 0.164. The van der Waals surface area contributed by atoms with Crippen molar-refractivity contribution in [3.05, 3.63) is 54.2 Å². The molecule has 2 aromatic carbocycles. The Morgan fingerprint density at radius 2 is 2.05 bits per heavy atom. The number of rotatable bonds is 3. The van der Waals surface area contributed by atoms with Crippen LogP contribution in [0.2, 0.25) is 0 Å². The van der Waals surface area contributed by atoms with Gasteiger partial charge in [0.05, 0.1) is 0 Å². The largest absolute Gasteiger partial charge is 0.399 e. The lowest BCUT2D eigenvalue weighted by Gasteiger charge is -2.05. The third kappa shape index (κ3) is 2.87. The lowest BCUT2D eigenvalue weighted by molar-refractivity contribution is 0.102. The zero-order valence-corrected chi connectivity index (χ0v) is 12.3. The van der Waals surface area contributed by atoms with Crippen LogP contribution in [-0.2, 0) is 0 Å². The maximum absolute atomic E-state index is 12.3. The van der Waals surface area contributed by atoms with Gasteiger partial charge in [0.1, 0.15) is 5.69 Å². The van der Waals surface area contributed by atoms with Gasteiger partial charge in [-0.15, -0.1) is 11.8 Å². The SMILES string of the molecule is CSc1cccc(NC(=O)c2cc3cc(N)ccc3[nH]2)c1. The van der Waals surface area contributed by atoms with Crippen molar-refractivity contribution in [3.63, 3.8) is 0 Å². The lowest BCUT2D eigenvalue weighted by Crippen LogP contribution is -2.12. The summed E-state index contributed by atoms with van der Waals surface area (Å²) >= 11 is 1.64. The first-order valence-electron chi connectivity index (χ1n) is 6.49. The van der Waals surface area contributed by atoms with Gasteiger partial charge in [-0.1, -0.05) is 6.07 Å². The van der Waals surface area contributed by atoms with Gasteiger partial charge in [-0.3, -0.25) is 4.79 Å². The van der Waals surface area contributed by atoms with E-state index in [-0.39, 0.29) is 5.91 Å². The summed E-state index contributed by atoms with van der Waals surface area (Å²) in [6.45, 7) is 0. The molecule has 4 N–H and O–H groups in total. The highest BCUT2D eigenvalue weighted by molar-refractivity contribution is 7.98. The Bertz CT molecular complexity index is 810. The Labute approximate surface area is 126 Å². The number of carbonyl (C=O) groups excluding carboxylic acids is 1. The molecule has 0 aliphatic heterocycles. The molecule has 5 heteroatoms. The summed E-state index contributed by atoms with van der Waals surface area (Å²) in [5, 5.41) is 3.82. The van der Waals surface area contributed by atoms with Crippen molar-refractivity contribution in [2.24, 2.45) is 0 Å². The summed E-state index contributed by atoms with van der Waals surface area (Å²) in [7, 11) is 0. The van der Waals surface area contributed by atoms with E-state index >= 15 is 0 Å². The van der Waals surface area contributed by atoms with Gasteiger partial charge in [-0.05, 0) is 48.7 Å². The second kappa shape index (κ2) is 5.54. The van der Waals surface area contributed by atoms with Crippen molar-refractivity contribution in [1.29, 1.82) is 0 Å². The molecule has 1 amide bonds. The van der Waals surface area contributed by atoms with Crippen LogP contribution in [0.3, 0.4) is 0 Å². The van der Waals surface area contributed by atoms with Gasteiger partial charge in [-0.25, -0.2) is 0 Å². The molecule has 1 aromatic heterocycles. The minimum Gasteiger partial charge on any atom is -0.399 e. The predicted molar refractivity (Wildman–Crippen MR) is 88.9 cm³/mol. The Morgan fingerprint density at radius 1 is 1.19 bits per heavy atom. The smallest absolute Gasteiger partial charge is 0.272 e. The molecule has 3 rings (SSSR count). The van der Waals surface area contributed by atoms with Gasteiger partial charge < -0.3 is 16.0 Å². The average molecular weight is 297 g/mol. The van der Waals surface area contributed by atoms with Crippen molar-refractivity contribution in [2.45, 2.75) is 4.90 Å². The van der Waals surface area contributed by atoms with E-state index in [2.05, 4.69) is 10.3 Å². The molecule has 0 saturated heterocycles. The first-order valence-corrected chi connectivity index (χ1v) is 7.72. The molecule has 1 heterocycles. The van der Waals surface area contributed by atoms with Crippen LogP contribution in [0.15, 0.2) is 53.4 Å². The fourth-order valence-corrected chi connectivity index (χ4v) is 2.63. The minimum atomic E-state index is -0.164. The number of amides is 1. The normalized spacial score (nSPS) is 10.7. The van der Waals surface area contributed by atoms with Crippen LogP contribution in [0, 0.1) is 0 Å². The van der Waals surface area contributed by atoms with Crippen LogP contribution < -0.4 is 11.1 Å². The highest BCUT2D eigenvalue weighted by Gasteiger charge is 2.10. The average Bonchev–Trinajstić information content (AvgIpc) is 2.90. The summed E-state index contributed by atoms with van der Waals surface area (Å²) in [6, 6.07) is 15.1. The van der Waals surface area contributed by atoms with Crippen molar-refractivity contribution < 1.29 is 4.79 Å². The van der Waals surface area contributed by atoms with Gasteiger partial charge >= 0.3 is 0 Å². The van der Waals surface area contributed by atoms with Crippen LogP contribution in [0.5, 0.6) is 0 Å². The van der Waals surface area contributed by atoms with Crippen molar-refractivity contribution in [1.82, 2.24) is 4.98 Å². The van der Waals surface area contributed by atoms with E-state index in [1.165, 1.54) is 0 Å². The highest BCUT2D eigenvalue weighted by atomic mass is 32.2. The molecule has 106 valence electrons. The number of H-pyrrole nitrogens is 1.